The van der Waals surface area contributed by atoms with E-state index < -0.39 is 11.9 Å². The number of aliphatic imine (C=N–C) groups is 1. The Morgan fingerprint density at radius 1 is 1.12 bits per heavy atom. The number of nitrogens with zero attached hydrogens (tertiary/aromatic N) is 6. The van der Waals surface area contributed by atoms with Gasteiger partial charge in [-0.25, -0.2) is 15.0 Å². The third-order valence-corrected chi connectivity index (χ3v) is 5.42. The van der Waals surface area contributed by atoms with Crippen molar-refractivity contribution in [2.45, 2.75) is 45.8 Å². The van der Waals surface area contributed by atoms with Crippen LogP contribution in [-0.2, 0) is 25.8 Å². The topological polar surface area (TPSA) is 68.4 Å². The van der Waals surface area contributed by atoms with Crippen molar-refractivity contribution in [3.63, 3.8) is 0 Å². The molecule has 0 aromatic carbocycles. The van der Waals surface area contributed by atoms with Gasteiger partial charge in [0.1, 0.15) is 11.6 Å². The van der Waals surface area contributed by atoms with Crippen LogP contribution < -0.4 is 9.64 Å². The number of imidazole rings is 1. The van der Waals surface area contributed by atoms with Gasteiger partial charge in [-0.15, -0.1) is 0 Å². The van der Waals surface area contributed by atoms with E-state index in [2.05, 4.69) is 19.9 Å². The van der Waals surface area contributed by atoms with Crippen LogP contribution in [0.2, 0.25) is 0 Å². The Balaban J connectivity index is 1.41. The van der Waals surface area contributed by atoms with Crippen molar-refractivity contribution >= 4 is 11.5 Å². The van der Waals surface area contributed by atoms with Gasteiger partial charge >= 0.3 is 6.18 Å². The summed E-state index contributed by atoms with van der Waals surface area (Å²) in [6.07, 6.45) is 0.119. The lowest BCUT2D eigenvalue weighted by Crippen LogP contribution is -2.34. The molecule has 0 atom stereocenters. The van der Waals surface area contributed by atoms with E-state index in [1.54, 1.807) is 17.0 Å². The molecule has 5 rings (SSSR count). The van der Waals surface area contributed by atoms with E-state index in [-0.39, 0.29) is 12.6 Å². The van der Waals surface area contributed by atoms with Crippen LogP contribution in [0.4, 0.5) is 19.0 Å². The molecule has 0 saturated heterocycles. The van der Waals surface area contributed by atoms with Gasteiger partial charge in [-0.05, 0) is 26.0 Å². The molecule has 3 aromatic heterocycles. The van der Waals surface area contributed by atoms with Gasteiger partial charge in [-0.2, -0.15) is 13.2 Å². The molecule has 0 unspecified atom stereocenters. The van der Waals surface area contributed by atoms with Gasteiger partial charge in [-0.3, -0.25) is 4.99 Å². The zero-order valence-corrected chi connectivity index (χ0v) is 17.6. The smallest absolute Gasteiger partial charge is 0.434 e. The van der Waals surface area contributed by atoms with Crippen LogP contribution in [0.15, 0.2) is 41.8 Å². The third kappa shape index (κ3) is 3.80. The molecular formula is C22H21F3N6O. The molecule has 32 heavy (non-hydrogen) atoms. The minimum atomic E-state index is -4.45. The molecule has 7 nitrogen and oxygen atoms in total. The Hall–Kier alpha value is -3.43. The summed E-state index contributed by atoms with van der Waals surface area (Å²) < 4.78 is 46.3. The summed E-state index contributed by atoms with van der Waals surface area (Å²) in [4.78, 5) is 19.2. The average Bonchev–Trinajstić information content (AvgIpc) is 3.37. The van der Waals surface area contributed by atoms with E-state index in [0.29, 0.717) is 37.2 Å². The van der Waals surface area contributed by atoms with E-state index >= 15 is 0 Å². The van der Waals surface area contributed by atoms with Crippen molar-refractivity contribution in [2.24, 2.45) is 4.99 Å². The maximum Gasteiger partial charge on any atom is 0.434 e. The van der Waals surface area contributed by atoms with Gasteiger partial charge in [0, 0.05) is 54.4 Å². The Morgan fingerprint density at radius 3 is 2.75 bits per heavy atom. The monoisotopic (exact) mass is 442 g/mol. The highest BCUT2D eigenvalue weighted by Crippen LogP contribution is 2.31. The lowest BCUT2D eigenvalue weighted by Gasteiger charge is -2.28. The summed E-state index contributed by atoms with van der Waals surface area (Å²) in [7, 11) is 0. The number of halogens is 3. The first-order chi connectivity index (χ1) is 15.3. The molecule has 2 aliphatic rings. The second kappa shape index (κ2) is 7.61. The zero-order valence-electron chi connectivity index (χ0n) is 17.6. The summed E-state index contributed by atoms with van der Waals surface area (Å²) in [6.45, 7) is 5.64. The molecular weight excluding hydrogens is 421 g/mol. The molecule has 0 N–H and O–H groups in total. The van der Waals surface area contributed by atoms with Crippen molar-refractivity contribution in [1.29, 1.82) is 0 Å². The molecule has 5 heterocycles. The van der Waals surface area contributed by atoms with Crippen molar-refractivity contribution in [2.75, 3.05) is 11.4 Å². The number of hydrogen-bond acceptors (Lipinski definition) is 6. The highest BCUT2D eigenvalue weighted by atomic mass is 19.4. The minimum absolute atomic E-state index is 0.0133. The first-order valence-corrected chi connectivity index (χ1v) is 10.3. The fourth-order valence-electron chi connectivity index (χ4n) is 3.94. The summed E-state index contributed by atoms with van der Waals surface area (Å²) in [5.74, 6) is 1.60. The standard InChI is InChI=1S/C22H21F3N6O/c1-13(2)32-20-8-16-15(9-27-20)10-28-21(16)14-3-4-26-18(7-14)31-6-5-30-11-17(22(23,24)25)29-19(30)12-31/h3-4,7-9,11,13H,5-6,10,12H2,1-2H3. The Morgan fingerprint density at radius 2 is 1.97 bits per heavy atom. The molecule has 0 bridgehead atoms. The second-order valence-corrected chi connectivity index (χ2v) is 8.07. The molecule has 0 fully saturated rings. The van der Waals surface area contributed by atoms with E-state index in [9.17, 15) is 13.2 Å². The number of rotatable bonds is 4. The Bertz CT molecular complexity index is 1200. The first-order valence-electron chi connectivity index (χ1n) is 10.3. The molecule has 2 aliphatic heterocycles. The number of hydrogen-bond donors (Lipinski definition) is 0. The molecule has 0 spiro atoms. The van der Waals surface area contributed by atoms with E-state index in [4.69, 9.17) is 4.74 Å². The third-order valence-electron chi connectivity index (χ3n) is 5.42. The van der Waals surface area contributed by atoms with Crippen LogP contribution in [0.3, 0.4) is 0 Å². The predicted octanol–water partition coefficient (Wildman–Crippen LogP) is 3.85. The minimum Gasteiger partial charge on any atom is -0.475 e. The van der Waals surface area contributed by atoms with Gasteiger partial charge in [0.15, 0.2) is 5.69 Å². The van der Waals surface area contributed by atoms with Crippen LogP contribution in [0, 0.1) is 0 Å². The summed E-state index contributed by atoms with van der Waals surface area (Å²) in [5.41, 5.74) is 2.85. The fourth-order valence-corrected chi connectivity index (χ4v) is 3.94. The molecule has 166 valence electrons. The van der Waals surface area contributed by atoms with E-state index in [1.165, 1.54) is 0 Å². The van der Waals surface area contributed by atoms with Crippen molar-refractivity contribution in [1.82, 2.24) is 19.5 Å². The molecule has 0 aliphatic carbocycles. The van der Waals surface area contributed by atoms with Gasteiger partial charge in [0.25, 0.3) is 0 Å². The normalized spacial score (nSPS) is 15.6. The lowest BCUT2D eigenvalue weighted by atomic mass is 10.0. The van der Waals surface area contributed by atoms with Crippen LogP contribution in [0.25, 0.3) is 0 Å². The first kappa shape index (κ1) is 20.5. The Kier molecular flexibility index (Phi) is 4.87. The van der Waals surface area contributed by atoms with Gasteiger partial charge in [0.2, 0.25) is 5.88 Å². The van der Waals surface area contributed by atoms with Crippen LogP contribution in [0.1, 0.15) is 42.1 Å². The predicted molar refractivity (Wildman–Crippen MR) is 112 cm³/mol. The zero-order chi connectivity index (χ0) is 22.5. The largest absolute Gasteiger partial charge is 0.475 e. The van der Waals surface area contributed by atoms with Crippen LogP contribution in [-0.4, -0.2) is 37.9 Å². The quantitative estimate of drug-likeness (QED) is 0.614. The molecule has 3 aromatic rings. The van der Waals surface area contributed by atoms with Crippen LogP contribution >= 0.6 is 0 Å². The highest BCUT2D eigenvalue weighted by Gasteiger charge is 2.35. The summed E-state index contributed by atoms with van der Waals surface area (Å²) in [5, 5.41) is 0. The Labute approximate surface area is 182 Å². The number of ether oxygens (including phenoxy) is 1. The molecule has 0 saturated carbocycles. The number of anilines is 1. The maximum absolute atomic E-state index is 13.0. The SMILES string of the molecule is CC(C)Oc1cc2c(cn1)CN=C2c1ccnc(N2CCn3cc(C(F)(F)F)nc3C2)c1. The van der Waals surface area contributed by atoms with Crippen LogP contribution in [0.5, 0.6) is 5.88 Å². The number of pyridine rings is 2. The van der Waals surface area contributed by atoms with Crippen molar-refractivity contribution in [3.8, 4) is 5.88 Å². The average molecular weight is 442 g/mol. The summed E-state index contributed by atoms with van der Waals surface area (Å²) >= 11 is 0. The number of aromatic nitrogens is 4. The van der Waals surface area contributed by atoms with Gasteiger partial charge < -0.3 is 14.2 Å². The van der Waals surface area contributed by atoms with Gasteiger partial charge in [0.05, 0.1) is 24.9 Å². The summed E-state index contributed by atoms with van der Waals surface area (Å²) in [6, 6.07) is 5.70. The molecule has 0 amide bonds. The molecule has 0 radical (unpaired) electrons. The van der Waals surface area contributed by atoms with Crippen molar-refractivity contribution in [3.05, 3.63) is 65.0 Å². The van der Waals surface area contributed by atoms with E-state index in [1.807, 2.05) is 36.9 Å². The molecule has 10 heteroatoms. The lowest BCUT2D eigenvalue weighted by molar-refractivity contribution is -0.141. The maximum atomic E-state index is 13.0. The number of fused-ring (bicyclic) bond motifs is 2. The second-order valence-electron chi connectivity index (χ2n) is 8.07. The van der Waals surface area contributed by atoms with Gasteiger partial charge in [-0.1, -0.05) is 0 Å². The highest BCUT2D eigenvalue weighted by molar-refractivity contribution is 6.15. The van der Waals surface area contributed by atoms with E-state index in [0.717, 1.165) is 28.6 Å². The fraction of sp³-hybridized carbons (Fsp3) is 0.364. The van der Waals surface area contributed by atoms with Crippen molar-refractivity contribution < 1.29 is 17.9 Å². The number of alkyl halides is 3.